The minimum absolute atomic E-state index is 0. The van der Waals surface area contributed by atoms with Crippen LogP contribution in [0.5, 0.6) is 0 Å². The summed E-state index contributed by atoms with van der Waals surface area (Å²) in [5.74, 6) is 0.511. The number of nitrogens with zero attached hydrogens (tertiary/aromatic N) is 2. The normalized spacial score (nSPS) is 21.2. The minimum atomic E-state index is -4.17. The van der Waals surface area contributed by atoms with Crippen LogP contribution in [0.2, 0.25) is 0 Å². The zero-order valence-corrected chi connectivity index (χ0v) is 18.0. The molecule has 5 nitrogen and oxygen atoms in total. The topological polar surface area (TPSA) is 59.9 Å². The van der Waals surface area contributed by atoms with E-state index in [0.717, 1.165) is 5.56 Å². The van der Waals surface area contributed by atoms with Gasteiger partial charge in [0.15, 0.2) is 5.96 Å². The molecule has 0 saturated carbocycles. The number of halogens is 4. The van der Waals surface area contributed by atoms with Gasteiger partial charge in [0.1, 0.15) is 5.60 Å². The van der Waals surface area contributed by atoms with Crippen molar-refractivity contribution in [2.75, 3.05) is 32.7 Å². The lowest BCUT2D eigenvalue weighted by molar-refractivity contribution is -0.143. The molecule has 1 aliphatic rings. The molecule has 0 amide bonds. The van der Waals surface area contributed by atoms with Crippen molar-refractivity contribution in [1.82, 2.24) is 15.5 Å². The van der Waals surface area contributed by atoms with E-state index in [9.17, 15) is 18.3 Å². The molecule has 2 atom stereocenters. The summed E-state index contributed by atoms with van der Waals surface area (Å²) in [5.41, 5.74) is -0.283. The standard InChI is InChI=1S/C16H25F3N4OS.HI/c1-3-20-14(21-10-15(2,24)12-5-7-25-9-12)22-13-4-6-23(8-13)11-16(17,18)19;/h5,7,9,13,24H,3-4,6,8,10-11H2,1-2H3,(H2,20,21,22);1H. The molecule has 0 aliphatic carbocycles. The summed E-state index contributed by atoms with van der Waals surface area (Å²) in [6.45, 7) is 4.25. The van der Waals surface area contributed by atoms with Crippen LogP contribution in [0.1, 0.15) is 25.8 Å². The van der Waals surface area contributed by atoms with E-state index < -0.39 is 18.3 Å². The molecule has 1 fully saturated rings. The van der Waals surface area contributed by atoms with E-state index in [4.69, 9.17) is 0 Å². The van der Waals surface area contributed by atoms with Gasteiger partial charge in [-0.3, -0.25) is 4.90 Å². The van der Waals surface area contributed by atoms with Crippen molar-refractivity contribution in [2.24, 2.45) is 4.99 Å². The number of alkyl halides is 3. The molecule has 26 heavy (non-hydrogen) atoms. The van der Waals surface area contributed by atoms with E-state index in [0.29, 0.717) is 32.0 Å². The first kappa shape index (κ1) is 23.4. The van der Waals surface area contributed by atoms with Crippen LogP contribution in [0.3, 0.4) is 0 Å². The Morgan fingerprint density at radius 2 is 2.19 bits per heavy atom. The maximum atomic E-state index is 12.5. The van der Waals surface area contributed by atoms with Gasteiger partial charge in [-0.1, -0.05) is 0 Å². The summed E-state index contributed by atoms with van der Waals surface area (Å²) in [7, 11) is 0. The maximum absolute atomic E-state index is 12.5. The van der Waals surface area contributed by atoms with Crippen LogP contribution in [0.4, 0.5) is 13.2 Å². The highest BCUT2D eigenvalue weighted by Crippen LogP contribution is 2.23. The molecule has 1 aromatic heterocycles. The van der Waals surface area contributed by atoms with Crippen LogP contribution < -0.4 is 10.6 Å². The van der Waals surface area contributed by atoms with E-state index in [2.05, 4.69) is 15.6 Å². The Kier molecular flexibility index (Phi) is 9.10. The van der Waals surface area contributed by atoms with Gasteiger partial charge in [0.05, 0.1) is 13.1 Å². The molecule has 150 valence electrons. The number of thiophene rings is 1. The van der Waals surface area contributed by atoms with Gasteiger partial charge >= 0.3 is 6.18 Å². The van der Waals surface area contributed by atoms with E-state index in [1.165, 1.54) is 16.2 Å². The number of aliphatic hydroxyl groups is 1. The Labute approximate surface area is 173 Å². The monoisotopic (exact) mass is 506 g/mol. The second-order valence-electron chi connectivity index (χ2n) is 6.46. The van der Waals surface area contributed by atoms with Gasteiger partial charge in [0.25, 0.3) is 0 Å². The second kappa shape index (κ2) is 10.1. The summed E-state index contributed by atoms with van der Waals surface area (Å²) in [6.07, 6.45) is -3.55. The summed E-state index contributed by atoms with van der Waals surface area (Å²) >= 11 is 1.50. The fraction of sp³-hybridized carbons (Fsp3) is 0.688. The van der Waals surface area contributed by atoms with Crippen molar-refractivity contribution in [3.63, 3.8) is 0 Å². The average Bonchev–Trinajstić information content (AvgIpc) is 3.15. The third-order valence-electron chi connectivity index (χ3n) is 4.05. The molecule has 0 aromatic carbocycles. The fourth-order valence-corrected chi connectivity index (χ4v) is 3.54. The second-order valence-corrected chi connectivity index (χ2v) is 7.24. The van der Waals surface area contributed by atoms with Crippen LogP contribution in [-0.4, -0.2) is 60.9 Å². The maximum Gasteiger partial charge on any atom is 0.401 e. The molecule has 0 radical (unpaired) electrons. The SMILES string of the molecule is CCNC(=NCC(C)(O)c1ccsc1)NC1CCN(CC(F)(F)F)C1.I. The van der Waals surface area contributed by atoms with Gasteiger partial charge in [-0.25, -0.2) is 4.99 Å². The molecule has 2 rings (SSSR count). The number of nitrogens with one attached hydrogen (secondary N) is 2. The van der Waals surface area contributed by atoms with Gasteiger partial charge in [-0.15, -0.1) is 24.0 Å². The van der Waals surface area contributed by atoms with Crippen LogP contribution in [0.15, 0.2) is 21.8 Å². The zero-order chi connectivity index (χ0) is 18.5. The van der Waals surface area contributed by atoms with Crippen LogP contribution in [-0.2, 0) is 5.60 Å². The van der Waals surface area contributed by atoms with E-state index in [1.54, 1.807) is 6.92 Å². The van der Waals surface area contributed by atoms with Gasteiger partial charge in [-0.05, 0) is 42.7 Å². The number of aliphatic imine (C=N–C) groups is 1. The number of hydrogen-bond donors (Lipinski definition) is 3. The van der Waals surface area contributed by atoms with E-state index >= 15 is 0 Å². The molecular formula is C16H26F3IN4OS. The van der Waals surface area contributed by atoms with Crippen LogP contribution in [0, 0.1) is 0 Å². The van der Waals surface area contributed by atoms with Crippen molar-refractivity contribution in [2.45, 2.75) is 38.1 Å². The molecule has 10 heteroatoms. The first-order valence-corrected chi connectivity index (χ1v) is 9.23. The smallest absolute Gasteiger partial charge is 0.383 e. The number of rotatable bonds is 6. The fourth-order valence-electron chi connectivity index (χ4n) is 2.76. The molecule has 0 bridgehead atoms. The van der Waals surface area contributed by atoms with Gasteiger partial charge in [-0.2, -0.15) is 24.5 Å². The lowest BCUT2D eigenvalue weighted by Crippen LogP contribution is -2.45. The summed E-state index contributed by atoms with van der Waals surface area (Å²) in [4.78, 5) is 5.80. The van der Waals surface area contributed by atoms with E-state index in [-0.39, 0.29) is 36.6 Å². The van der Waals surface area contributed by atoms with Crippen LogP contribution >= 0.6 is 35.3 Å². The Hall–Kier alpha value is -0.590. The van der Waals surface area contributed by atoms with Crippen molar-refractivity contribution in [3.05, 3.63) is 22.4 Å². The molecule has 3 N–H and O–H groups in total. The zero-order valence-electron chi connectivity index (χ0n) is 14.8. The summed E-state index contributed by atoms with van der Waals surface area (Å²) in [6, 6.07) is 1.76. The van der Waals surface area contributed by atoms with Crippen LogP contribution in [0.25, 0.3) is 0 Å². The molecule has 2 heterocycles. The number of guanidine groups is 1. The van der Waals surface area contributed by atoms with Crippen molar-refractivity contribution in [3.8, 4) is 0 Å². The molecule has 1 aliphatic heterocycles. The predicted molar refractivity (Wildman–Crippen MR) is 109 cm³/mol. The van der Waals surface area contributed by atoms with Crippen molar-refractivity contribution >= 4 is 41.3 Å². The highest BCUT2D eigenvalue weighted by Gasteiger charge is 2.34. The minimum Gasteiger partial charge on any atom is -0.383 e. The Morgan fingerprint density at radius 1 is 1.46 bits per heavy atom. The number of hydrogen-bond acceptors (Lipinski definition) is 4. The van der Waals surface area contributed by atoms with Gasteiger partial charge in [0, 0.05) is 25.7 Å². The van der Waals surface area contributed by atoms with Gasteiger partial charge in [0.2, 0.25) is 0 Å². The first-order chi connectivity index (χ1) is 11.7. The molecule has 1 saturated heterocycles. The largest absolute Gasteiger partial charge is 0.401 e. The summed E-state index contributed by atoms with van der Waals surface area (Å²) < 4.78 is 37.4. The Morgan fingerprint density at radius 3 is 2.77 bits per heavy atom. The molecular weight excluding hydrogens is 480 g/mol. The third-order valence-corrected chi connectivity index (χ3v) is 4.73. The summed E-state index contributed by atoms with van der Waals surface area (Å²) in [5, 5.41) is 20.6. The first-order valence-electron chi connectivity index (χ1n) is 8.28. The highest BCUT2D eigenvalue weighted by atomic mass is 127. The molecule has 1 aromatic rings. The van der Waals surface area contributed by atoms with Crippen molar-refractivity contribution < 1.29 is 18.3 Å². The predicted octanol–water partition coefficient (Wildman–Crippen LogP) is 2.77. The quantitative estimate of drug-likeness (QED) is 0.316. The Balaban J connectivity index is 0.00000338. The third kappa shape index (κ3) is 7.57. The lowest BCUT2D eigenvalue weighted by Gasteiger charge is -2.23. The van der Waals surface area contributed by atoms with Gasteiger partial charge < -0.3 is 15.7 Å². The molecule has 2 unspecified atom stereocenters. The lowest BCUT2D eigenvalue weighted by atomic mass is 10.00. The highest BCUT2D eigenvalue weighted by molar-refractivity contribution is 14.0. The van der Waals surface area contributed by atoms with E-state index in [1.807, 2.05) is 23.8 Å². The van der Waals surface area contributed by atoms with Crippen molar-refractivity contribution in [1.29, 1.82) is 0 Å². The number of likely N-dealkylation sites (tertiary alicyclic amines) is 1. The average molecular weight is 506 g/mol. The molecule has 0 spiro atoms. The Bertz CT molecular complexity index is 566.